The van der Waals surface area contributed by atoms with Gasteiger partial charge in [-0.1, -0.05) is 54.6 Å². The molecule has 29 heavy (non-hydrogen) atoms. The van der Waals surface area contributed by atoms with Crippen LogP contribution < -0.4 is 10.9 Å². The summed E-state index contributed by atoms with van der Waals surface area (Å²) in [4.78, 5) is 24.6. The van der Waals surface area contributed by atoms with E-state index in [4.69, 9.17) is 4.42 Å². The average Bonchev–Trinajstić information content (AvgIpc) is 2.73. The first-order valence-electron chi connectivity index (χ1n) is 9.28. The van der Waals surface area contributed by atoms with Crippen LogP contribution in [0.1, 0.15) is 11.1 Å². The predicted molar refractivity (Wildman–Crippen MR) is 117 cm³/mol. The summed E-state index contributed by atoms with van der Waals surface area (Å²) in [6.07, 6.45) is 3.26. The van der Waals surface area contributed by atoms with Crippen molar-refractivity contribution in [3.05, 3.63) is 106 Å². The first-order valence-corrected chi connectivity index (χ1v) is 9.28. The molecule has 4 nitrogen and oxygen atoms in total. The zero-order valence-electron chi connectivity index (χ0n) is 15.9. The van der Waals surface area contributed by atoms with Crippen LogP contribution in [0.3, 0.4) is 0 Å². The Balaban J connectivity index is 1.57. The van der Waals surface area contributed by atoms with E-state index >= 15 is 0 Å². The molecule has 1 aromatic heterocycles. The number of carbonyl (C=O) groups is 1. The fourth-order valence-electron chi connectivity index (χ4n) is 3.21. The van der Waals surface area contributed by atoms with Gasteiger partial charge in [-0.3, -0.25) is 4.79 Å². The van der Waals surface area contributed by atoms with E-state index in [-0.39, 0.29) is 11.5 Å². The van der Waals surface area contributed by atoms with Gasteiger partial charge in [0.25, 0.3) is 0 Å². The fraction of sp³-hybridized carbons (Fsp3) is 0.0400. The lowest BCUT2D eigenvalue weighted by Gasteiger charge is -2.09. The first-order chi connectivity index (χ1) is 14.1. The number of benzene rings is 3. The number of rotatable bonds is 4. The summed E-state index contributed by atoms with van der Waals surface area (Å²) in [6.45, 7) is 1.90. The van der Waals surface area contributed by atoms with E-state index in [0.717, 1.165) is 22.1 Å². The van der Waals surface area contributed by atoms with Gasteiger partial charge in [-0.25, -0.2) is 4.79 Å². The Labute approximate surface area is 168 Å². The van der Waals surface area contributed by atoms with Crippen LogP contribution in [-0.2, 0) is 4.79 Å². The third-order valence-electron chi connectivity index (χ3n) is 4.65. The molecule has 0 unspecified atom stereocenters. The third kappa shape index (κ3) is 4.17. The molecule has 0 fully saturated rings. The quantitative estimate of drug-likeness (QED) is 0.379. The van der Waals surface area contributed by atoms with Crippen LogP contribution in [0.5, 0.6) is 0 Å². The molecule has 0 spiro atoms. The zero-order chi connectivity index (χ0) is 20.2. The SMILES string of the molecule is Cc1cc(NC(=O)C=Cc2ccccc2)ccc1-c1cc2ccccc2oc1=O. The normalized spacial score (nSPS) is 11.1. The number of anilines is 1. The standard InChI is InChI=1S/C25H19NO3/c1-17-15-20(26-24(27)14-11-18-7-3-2-4-8-18)12-13-21(17)22-16-19-9-5-6-10-23(19)29-25(22)28/h2-16H,1H3,(H,26,27). The molecular weight excluding hydrogens is 362 g/mol. The number of hydrogen-bond acceptors (Lipinski definition) is 3. The predicted octanol–water partition coefficient (Wildman–Crippen LogP) is 5.42. The summed E-state index contributed by atoms with van der Waals surface area (Å²) in [7, 11) is 0. The molecule has 4 rings (SSSR count). The number of para-hydroxylation sites is 1. The minimum atomic E-state index is -0.380. The lowest BCUT2D eigenvalue weighted by atomic mass is 10.0. The highest BCUT2D eigenvalue weighted by Crippen LogP contribution is 2.26. The van der Waals surface area contributed by atoms with Crippen molar-refractivity contribution in [2.45, 2.75) is 6.92 Å². The average molecular weight is 381 g/mol. The second-order valence-corrected chi connectivity index (χ2v) is 6.75. The van der Waals surface area contributed by atoms with Gasteiger partial charge >= 0.3 is 5.63 Å². The fourth-order valence-corrected chi connectivity index (χ4v) is 3.21. The number of carbonyl (C=O) groups excluding carboxylic acids is 1. The smallest absolute Gasteiger partial charge is 0.344 e. The molecule has 4 heteroatoms. The largest absolute Gasteiger partial charge is 0.422 e. The van der Waals surface area contributed by atoms with E-state index in [0.29, 0.717) is 16.8 Å². The Bertz CT molecular complexity index is 1270. The van der Waals surface area contributed by atoms with Crippen LogP contribution in [0.4, 0.5) is 5.69 Å². The molecule has 1 amide bonds. The minimum absolute atomic E-state index is 0.216. The van der Waals surface area contributed by atoms with Crippen LogP contribution in [0, 0.1) is 6.92 Å². The second kappa shape index (κ2) is 7.98. The van der Waals surface area contributed by atoms with Gasteiger partial charge in [0, 0.05) is 17.1 Å². The topological polar surface area (TPSA) is 59.3 Å². The number of aryl methyl sites for hydroxylation is 1. The van der Waals surface area contributed by atoms with Crippen LogP contribution in [0.2, 0.25) is 0 Å². The van der Waals surface area contributed by atoms with Gasteiger partial charge in [-0.05, 0) is 54.0 Å². The molecular formula is C25H19NO3. The van der Waals surface area contributed by atoms with Crippen LogP contribution in [0.25, 0.3) is 28.2 Å². The highest BCUT2D eigenvalue weighted by molar-refractivity contribution is 6.02. The monoisotopic (exact) mass is 381 g/mol. The number of nitrogens with one attached hydrogen (secondary N) is 1. The summed E-state index contributed by atoms with van der Waals surface area (Å²) in [5, 5.41) is 3.71. The van der Waals surface area contributed by atoms with Crippen molar-refractivity contribution in [3.63, 3.8) is 0 Å². The third-order valence-corrected chi connectivity index (χ3v) is 4.65. The zero-order valence-corrected chi connectivity index (χ0v) is 15.9. The molecule has 142 valence electrons. The maximum Gasteiger partial charge on any atom is 0.344 e. The molecule has 1 N–H and O–H groups in total. The van der Waals surface area contributed by atoms with E-state index in [1.807, 2.05) is 73.7 Å². The van der Waals surface area contributed by atoms with Gasteiger partial charge in [0.15, 0.2) is 0 Å². The summed E-state index contributed by atoms with van der Waals surface area (Å²) in [6, 6.07) is 24.3. The van der Waals surface area contributed by atoms with Crippen molar-refractivity contribution in [2.75, 3.05) is 5.32 Å². The summed E-state index contributed by atoms with van der Waals surface area (Å²) in [5.74, 6) is -0.216. The van der Waals surface area contributed by atoms with Crippen LogP contribution in [0.15, 0.2) is 94.2 Å². The van der Waals surface area contributed by atoms with Gasteiger partial charge < -0.3 is 9.73 Å². The van der Waals surface area contributed by atoms with Crippen molar-refractivity contribution in [2.24, 2.45) is 0 Å². The van der Waals surface area contributed by atoms with Gasteiger partial charge in [0.2, 0.25) is 5.91 Å². The molecule has 0 bridgehead atoms. The number of fused-ring (bicyclic) bond motifs is 1. The molecule has 0 aliphatic heterocycles. The Hall–Kier alpha value is -3.92. The molecule has 4 aromatic rings. The lowest BCUT2D eigenvalue weighted by Crippen LogP contribution is -2.08. The molecule has 0 saturated heterocycles. The molecule has 1 heterocycles. The maximum atomic E-state index is 12.4. The van der Waals surface area contributed by atoms with E-state index in [1.165, 1.54) is 6.08 Å². The lowest BCUT2D eigenvalue weighted by molar-refractivity contribution is -0.111. The molecule has 0 aliphatic carbocycles. The van der Waals surface area contributed by atoms with Gasteiger partial charge in [0.1, 0.15) is 5.58 Å². The van der Waals surface area contributed by atoms with E-state index in [1.54, 1.807) is 18.2 Å². The molecule has 0 aliphatic rings. The van der Waals surface area contributed by atoms with Crippen LogP contribution >= 0.6 is 0 Å². The van der Waals surface area contributed by atoms with E-state index < -0.39 is 0 Å². The van der Waals surface area contributed by atoms with E-state index in [2.05, 4.69) is 5.32 Å². The van der Waals surface area contributed by atoms with Crippen molar-refractivity contribution in [3.8, 4) is 11.1 Å². The van der Waals surface area contributed by atoms with E-state index in [9.17, 15) is 9.59 Å². The number of amides is 1. The van der Waals surface area contributed by atoms with Crippen molar-refractivity contribution < 1.29 is 9.21 Å². The Morgan fingerprint density at radius 3 is 2.45 bits per heavy atom. The second-order valence-electron chi connectivity index (χ2n) is 6.75. The summed E-state index contributed by atoms with van der Waals surface area (Å²) < 4.78 is 5.44. The Morgan fingerprint density at radius 1 is 0.897 bits per heavy atom. The molecule has 0 saturated carbocycles. The van der Waals surface area contributed by atoms with Crippen molar-refractivity contribution >= 4 is 28.6 Å². The summed E-state index contributed by atoms with van der Waals surface area (Å²) >= 11 is 0. The van der Waals surface area contributed by atoms with Gasteiger partial charge in [-0.15, -0.1) is 0 Å². The summed E-state index contributed by atoms with van der Waals surface area (Å²) in [5.41, 5.74) is 3.96. The molecule has 3 aromatic carbocycles. The Kier molecular flexibility index (Phi) is 5.08. The highest BCUT2D eigenvalue weighted by Gasteiger charge is 2.11. The highest BCUT2D eigenvalue weighted by atomic mass is 16.4. The molecule has 0 atom stereocenters. The first kappa shape index (κ1) is 18.4. The maximum absolute atomic E-state index is 12.4. The minimum Gasteiger partial charge on any atom is -0.422 e. The molecule has 0 radical (unpaired) electrons. The van der Waals surface area contributed by atoms with Crippen molar-refractivity contribution in [1.29, 1.82) is 0 Å². The van der Waals surface area contributed by atoms with Crippen LogP contribution in [-0.4, -0.2) is 5.91 Å². The number of hydrogen-bond donors (Lipinski definition) is 1. The van der Waals surface area contributed by atoms with Gasteiger partial charge in [0.05, 0.1) is 5.56 Å². The van der Waals surface area contributed by atoms with Gasteiger partial charge in [-0.2, -0.15) is 0 Å². The van der Waals surface area contributed by atoms with Crippen molar-refractivity contribution in [1.82, 2.24) is 0 Å². The Morgan fingerprint density at radius 2 is 1.66 bits per heavy atom.